The number of rotatable bonds is 2. The van der Waals surface area contributed by atoms with Crippen molar-refractivity contribution in [1.29, 1.82) is 0 Å². The third-order valence-corrected chi connectivity index (χ3v) is 2.71. The first-order valence-corrected chi connectivity index (χ1v) is 4.81. The van der Waals surface area contributed by atoms with E-state index in [2.05, 4.69) is 0 Å². The van der Waals surface area contributed by atoms with Gasteiger partial charge >= 0.3 is 5.97 Å². The average Bonchev–Trinajstić information content (AvgIpc) is 2.55. The summed E-state index contributed by atoms with van der Waals surface area (Å²) in [5, 5.41) is 18.5. The Kier molecular flexibility index (Phi) is 2.54. The van der Waals surface area contributed by atoms with Crippen LogP contribution in [0.4, 0.5) is 0 Å². The summed E-state index contributed by atoms with van der Waals surface area (Å²) >= 11 is 5.72. The minimum absolute atomic E-state index is 0.0120. The summed E-state index contributed by atoms with van der Waals surface area (Å²) < 4.78 is 5.27. The van der Waals surface area contributed by atoms with Crippen LogP contribution in [0.25, 0.3) is 0 Å². The molecule has 0 spiro atoms. The average molecular weight is 229 g/mol. The molecule has 4 nitrogen and oxygen atoms in total. The lowest BCUT2D eigenvalue weighted by Gasteiger charge is -2.08. The molecular weight excluding hydrogens is 220 g/mol. The fraction of sp³-hybridized carbons (Fsp3) is 0.300. The highest BCUT2D eigenvalue weighted by Gasteiger charge is 2.28. The summed E-state index contributed by atoms with van der Waals surface area (Å²) in [7, 11) is 0. The maximum atomic E-state index is 10.5. The third-order valence-electron chi connectivity index (χ3n) is 2.41. The standard InChI is InChI=1S/C10H9ClO4/c11-7-2-1-5-6(10(7)14)4-15-8(5)3-9(12)13/h1-2,8,14H,3-4H2,(H,12,13). The number of aliphatic carboxylic acids is 1. The number of carbonyl (C=O) groups is 1. The van der Waals surface area contributed by atoms with Gasteiger partial charge in [-0.2, -0.15) is 0 Å². The maximum Gasteiger partial charge on any atom is 0.306 e. The highest BCUT2D eigenvalue weighted by Crippen LogP contribution is 2.40. The van der Waals surface area contributed by atoms with Gasteiger partial charge in [0.05, 0.1) is 24.2 Å². The largest absolute Gasteiger partial charge is 0.506 e. The Morgan fingerprint density at radius 3 is 3.00 bits per heavy atom. The Morgan fingerprint density at radius 1 is 1.60 bits per heavy atom. The highest BCUT2D eigenvalue weighted by atomic mass is 35.5. The summed E-state index contributed by atoms with van der Waals surface area (Å²) in [6, 6.07) is 3.23. The van der Waals surface area contributed by atoms with Crippen LogP contribution in [0.5, 0.6) is 5.75 Å². The van der Waals surface area contributed by atoms with Crippen molar-refractivity contribution in [1.82, 2.24) is 0 Å². The molecule has 1 unspecified atom stereocenters. The van der Waals surface area contributed by atoms with Crippen LogP contribution in [-0.2, 0) is 16.1 Å². The van der Waals surface area contributed by atoms with Crippen molar-refractivity contribution in [3.8, 4) is 5.75 Å². The van der Waals surface area contributed by atoms with E-state index in [1.54, 1.807) is 12.1 Å². The molecule has 1 atom stereocenters. The number of carboxylic acid groups (broad SMARTS) is 1. The monoisotopic (exact) mass is 228 g/mol. The number of carboxylic acids is 1. The molecule has 0 aromatic heterocycles. The van der Waals surface area contributed by atoms with Crippen molar-refractivity contribution in [2.45, 2.75) is 19.1 Å². The number of fused-ring (bicyclic) bond motifs is 1. The molecule has 2 rings (SSSR count). The van der Waals surface area contributed by atoms with Gasteiger partial charge in [0.2, 0.25) is 0 Å². The van der Waals surface area contributed by atoms with Crippen molar-refractivity contribution >= 4 is 17.6 Å². The summed E-state index contributed by atoms with van der Waals surface area (Å²) in [5.41, 5.74) is 1.30. The van der Waals surface area contributed by atoms with Crippen molar-refractivity contribution in [2.75, 3.05) is 0 Å². The van der Waals surface area contributed by atoms with Gasteiger partial charge in [-0.3, -0.25) is 4.79 Å². The van der Waals surface area contributed by atoms with E-state index in [0.717, 1.165) is 0 Å². The number of halogens is 1. The second-order valence-electron chi connectivity index (χ2n) is 3.36. The fourth-order valence-electron chi connectivity index (χ4n) is 1.68. The lowest BCUT2D eigenvalue weighted by Crippen LogP contribution is -2.04. The van der Waals surface area contributed by atoms with Gasteiger partial charge in [-0.25, -0.2) is 0 Å². The van der Waals surface area contributed by atoms with E-state index in [0.29, 0.717) is 11.1 Å². The van der Waals surface area contributed by atoms with Gasteiger partial charge in [0.25, 0.3) is 0 Å². The zero-order chi connectivity index (χ0) is 11.0. The number of aromatic hydroxyl groups is 1. The molecule has 0 amide bonds. The van der Waals surface area contributed by atoms with E-state index in [-0.39, 0.29) is 23.8 Å². The zero-order valence-corrected chi connectivity index (χ0v) is 8.49. The first-order valence-electron chi connectivity index (χ1n) is 4.43. The molecule has 0 radical (unpaired) electrons. The maximum absolute atomic E-state index is 10.5. The van der Waals surface area contributed by atoms with Gasteiger partial charge in [-0.15, -0.1) is 0 Å². The second kappa shape index (κ2) is 3.72. The molecule has 80 valence electrons. The third kappa shape index (κ3) is 1.78. The molecular formula is C10H9ClO4. The molecule has 1 heterocycles. The Labute approximate surface area is 91.1 Å². The predicted molar refractivity (Wildman–Crippen MR) is 52.9 cm³/mol. The van der Waals surface area contributed by atoms with Gasteiger partial charge < -0.3 is 14.9 Å². The van der Waals surface area contributed by atoms with Crippen LogP contribution >= 0.6 is 11.6 Å². The lowest BCUT2D eigenvalue weighted by atomic mass is 10.0. The number of ether oxygens (including phenoxy) is 1. The molecule has 2 N–H and O–H groups in total. The van der Waals surface area contributed by atoms with Gasteiger partial charge in [0.1, 0.15) is 5.75 Å². The lowest BCUT2D eigenvalue weighted by molar-refractivity contribution is -0.140. The first kappa shape index (κ1) is 10.3. The first-order chi connectivity index (χ1) is 7.09. The van der Waals surface area contributed by atoms with Crippen molar-refractivity contribution in [3.05, 3.63) is 28.3 Å². The summed E-state index contributed by atoms with van der Waals surface area (Å²) in [4.78, 5) is 10.5. The van der Waals surface area contributed by atoms with Crippen LogP contribution in [0.1, 0.15) is 23.7 Å². The number of phenols is 1. The normalized spacial score (nSPS) is 18.9. The van der Waals surface area contributed by atoms with Crippen LogP contribution in [0, 0.1) is 0 Å². The SMILES string of the molecule is O=C(O)CC1OCc2c1ccc(Cl)c2O. The minimum atomic E-state index is -0.928. The molecule has 1 aliphatic heterocycles. The van der Waals surface area contributed by atoms with Crippen molar-refractivity contribution < 1.29 is 19.7 Å². The molecule has 5 heteroatoms. The number of benzene rings is 1. The Hall–Kier alpha value is -1.26. The minimum Gasteiger partial charge on any atom is -0.506 e. The van der Waals surface area contributed by atoms with Gasteiger partial charge in [0, 0.05) is 5.56 Å². The fourth-order valence-corrected chi connectivity index (χ4v) is 1.85. The highest BCUT2D eigenvalue weighted by molar-refractivity contribution is 6.32. The van der Waals surface area contributed by atoms with Crippen molar-refractivity contribution in [3.63, 3.8) is 0 Å². The van der Waals surface area contributed by atoms with Crippen LogP contribution in [-0.4, -0.2) is 16.2 Å². The molecule has 0 saturated heterocycles. The van der Waals surface area contributed by atoms with Crippen LogP contribution in [0.15, 0.2) is 12.1 Å². The summed E-state index contributed by atoms with van der Waals surface area (Å²) in [5.74, 6) is -0.940. The van der Waals surface area contributed by atoms with Gasteiger partial charge in [0.15, 0.2) is 0 Å². The van der Waals surface area contributed by atoms with E-state index in [4.69, 9.17) is 21.4 Å². The molecule has 0 saturated carbocycles. The summed E-state index contributed by atoms with van der Waals surface area (Å²) in [6.07, 6.45) is -0.589. The van der Waals surface area contributed by atoms with E-state index in [9.17, 15) is 9.90 Å². The molecule has 0 fully saturated rings. The quantitative estimate of drug-likeness (QED) is 0.814. The van der Waals surface area contributed by atoms with Crippen LogP contribution in [0.2, 0.25) is 5.02 Å². The Balaban J connectivity index is 2.36. The molecule has 0 bridgehead atoms. The molecule has 1 aliphatic rings. The van der Waals surface area contributed by atoms with E-state index < -0.39 is 12.1 Å². The second-order valence-corrected chi connectivity index (χ2v) is 3.77. The van der Waals surface area contributed by atoms with Crippen molar-refractivity contribution in [2.24, 2.45) is 0 Å². The van der Waals surface area contributed by atoms with Crippen LogP contribution in [0.3, 0.4) is 0 Å². The Morgan fingerprint density at radius 2 is 2.33 bits per heavy atom. The predicted octanol–water partition coefficient (Wildman–Crippen LogP) is 2.09. The molecule has 1 aromatic rings. The molecule has 0 aliphatic carbocycles. The van der Waals surface area contributed by atoms with E-state index >= 15 is 0 Å². The number of hydrogen-bond donors (Lipinski definition) is 2. The zero-order valence-electron chi connectivity index (χ0n) is 7.74. The van der Waals surface area contributed by atoms with Gasteiger partial charge in [-0.05, 0) is 11.6 Å². The molecule has 15 heavy (non-hydrogen) atoms. The number of hydrogen-bond acceptors (Lipinski definition) is 3. The van der Waals surface area contributed by atoms with E-state index in [1.165, 1.54) is 0 Å². The smallest absolute Gasteiger partial charge is 0.306 e. The Bertz CT molecular complexity index is 416. The number of phenolic OH excluding ortho intramolecular Hbond substituents is 1. The van der Waals surface area contributed by atoms with E-state index in [1.807, 2.05) is 0 Å². The summed E-state index contributed by atoms with van der Waals surface area (Å²) in [6.45, 7) is 0.208. The topological polar surface area (TPSA) is 66.8 Å². The van der Waals surface area contributed by atoms with Crippen LogP contribution < -0.4 is 0 Å². The molecule has 1 aromatic carbocycles. The van der Waals surface area contributed by atoms with Gasteiger partial charge in [-0.1, -0.05) is 17.7 Å².